The van der Waals surface area contributed by atoms with Gasteiger partial charge >= 0.3 is 0 Å². The first-order valence-electron chi connectivity index (χ1n) is 5.72. The SMILES string of the molecule is Cc1cc(C(=O)NCC2(O)CCNC2)n(C)n1. The van der Waals surface area contributed by atoms with Gasteiger partial charge in [0.25, 0.3) is 5.91 Å². The van der Waals surface area contributed by atoms with Crippen LogP contribution >= 0.6 is 0 Å². The molecule has 1 unspecified atom stereocenters. The van der Waals surface area contributed by atoms with Gasteiger partial charge in [0.15, 0.2) is 0 Å². The number of β-amino-alcohol motifs (C(OH)–C–C–N with tert-alkyl or cyclic N) is 1. The van der Waals surface area contributed by atoms with Crippen molar-refractivity contribution in [2.45, 2.75) is 18.9 Å². The van der Waals surface area contributed by atoms with E-state index in [1.807, 2.05) is 6.92 Å². The zero-order valence-corrected chi connectivity index (χ0v) is 10.2. The average Bonchev–Trinajstić information content (AvgIpc) is 2.83. The zero-order valence-electron chi connectivity index (χ0n) is 10.2. The molecule has 0 saturated carbocycles. The molecule has 6 heteroatoms. The molecule has 0 aliphatic carbocycles. The van der Waals surface area contributed by atoms with Crippen molar-refractivity contribution in [1.82, 2.24) is 20.4 Å². The minimum absolute atomic E-state index is 0.201. The summed E-state index contributed by atoms with van der Waals surface area (Å²) in [6.07, 6.45) is 0.664. The fourth-order valence-corrected chi connectivity index (χ4v) is 2.04. The number of carbonyl (C=O) groups is 1. The summed E-state index contributed by atoms with van der Waals surface area (Å²) in [4.78, 5) is 11.9. The minimum atomic E-state index is -0.816. The predicted octanol–water partition coefficient (Wildman–Crippen LogP) is -0.817. The van der Waals surface area contributed by atoms with Crippen molar-refractivity contribution in [2.75, 3.05) is 19.6 Å². The molecular formula is C11H18N4O2. The molecule has 2 heterocycles. The molecule has 6 nitrogen and oxygen atoms in total. The van der Waals surface area contributed by atoms with Crippen LogP contribution in [0.1, 0.15) is 22.6 Å². The van der Waals surface area contributed by atoms with Gasteiger partial charge in [0.05, 0.1) is 11.3 Å². The lowest BCUT2D eigenvalue weighted by atomic mass is 10.0. The molecule has 2 rings (SSSR count). The molecule has 1 aliphatic heterocycles. The molecule has 1 atom stereocenters. The summed E-state index contributed by atoms with van der Waals surface area (Å²) in [6, 6.07) is 1.73. The topological polar surface area (TPSA) is 79.2 Å². The normalized spacial score (nSPS) is 23.9. The van der Waals surface area contributed by atoms with Crippen LogP contribution in [0.2, 0.25) is 0 Å². The van der Waals surface area contributed by atoms with Crippen LogP contribution in [0.5, 0.6) is 0 Å². The van der Waals surface area contributed by atoms with Crippen molar-refractivity contribution in [2.24, 2.45) is 7.05 Å². The van der Waals surface area contributed by atoms with E-state index < -0.39 is 5.60 Å². The Hall–Kier alpha value is -1.40. The number of nitrogens with zero attached hydrogens (tertiary/aromatic N) is 2. The molecule has 0 radical (unpaired) electrons. The van der Waals surface area contributed by atoms with Crippen LogP contribution in [0.3, 0.4) is 0 Å². The Labute approximate surface area is 100 Å². The van der Waals surface area contributed by atoms with Gasteiger partial charge in [-0.3, -0.25) is 9.48 Å². The highest BCUT2D eigenvalue weighted by Crippen LogP contribution is 2.12. The van der Waals surface area contributed by atoms with Crippen LogP contribution in [0.15, 0.2) is 6.07 Å². The molecule has 1 fully saturated rings. The van der Waals surface area contributed by atoms with E-state index in [-0.39, 0.29) is 12.5 Å². The van der Waals surface area contributed by atoms with E-state index in [4.69, 9.17) is 0 Å². The molecule has 17 heavy (non-hydrogen) atoms. The third-order valence-electron chi connectivity index (χ3n) is 3.03. The van der Waals surface area contributed by atoms with Crippen LogP contribution in [0.4, 0.5) is 0 Å². The van der Waals surface area contributed by atoms with Gasteiger partial charge in [-0.05, 0) is 26.0 Å². The lowest BCUT2D eigenvalue weighted by Crippen LogP contribution is -2.44. The van der Waals surface area contributed by atoms with Gasteiger partial charge in [0.2, 0.25) is 0 Å². The third kappa shape index (κ3) is 2.65. The van der Waals surface area contributed by atoms with Gasteiger partial charge in [-0.2, -0.15) is 5.10 Å². The number of aryl methyl sites for hydroxylation is 2. The quantitative estimate of drug-likeness (QED) is 0.643. The van der Waals surface area contributed by atoms with Gasteiger partial charge in [0, 0.05) is 20.1 Å². The molecule has 94 valence electrons. The molecule has 1 saturated heterocycles. The summed E-state index contributed by atoms with van der Waals surface area (Å²) in [5.74, 6) is -0.201. The van der Waals surface area contributed by atoms with E-state index in [1.165, 1.54) is 0 Å². The molecule has 0 spiro atoms. The fraction of sp³-hybridized carbons (Fsp3) is 0.636. The maximum atomic E-state index is 11.9. The molecule has 1 aromatic rings. The molecule has 0 aromatic carbocycles. The Morgan fingerprint density at radius 3 is 3.06 bits per heavy atom. The second kappa shape index (κ2) is 4.46. The summed E-state index contributed by atoms with van der Waals surface area (Å²) in [7, 11) is 1.73. The summed E-state index contributed by atoms with van der Waals surface area (Å²) >= 11 is 0. The van der Waals surface area contributed by atoms with Crippen molar-refractivity contribution in [3.63, 3.8) is 0 Å². The average molecular weight is 238 g/mol. The first-order valence-corrected chi connectivity index (χ1v) is 5.72. The molecule has 0 bridgehead atoms. The second-order valence-electron chi connectivity index (χ2n) is 4.63. The van der Waals surface area contributed by atoms with E-state index in [0.717, 1.165) is 12.2 Å². The Morgan fingerprint density at radius 1 is 1.76 bits per heavy atom. The van der Waals surface area contributed by atoms with Crippen molar-refractivity contribution in [3.8, 4) is 0 Å². The Kier molecular flexibility index (Phi) is 3.17. The summed E-state index contributed by atoms with van der Waals surface area (Å²) in [6.45, 7) is 3.42. The molecule has 1 amide bonds. The van der Waals surface area contributed by atoms with Crippen LogP contribution in [-0.2, 0) is 7.05 Å². The van der Waals surface area contributed by atoms with Gasteiger partial charge in [-0.25, -0.2) is 0 Å². The summed E-state index contributed by atoms with van der Waals surface area (Å²) < 4.78 is 1.54. The Morgan fingerprint density at radius 2 is 2.53 bits per heavy atom. The maximum Gasteiger partial charge on any atom is 0.269 e. The van der Waals surface area contributed by atoms with Crippen molar-refractivity contribution < 1.29 is 9.90 Å². The Bertz CT molecular complexity index is 421. The van der Waals surface area contributed by atoms with Gasteiger partial charge in [-0.15, -0.1) is 0 Å². The zero-order chi connectivity index (χ0) is 12.5. The minimum Gasteiger partial charge on any atom is -0.387 e. The summed E-state index contributed by atoms with van der Waals surface area (Å²) in [5.41, 5.74) is 0.500. The molecule has 3 N–H and O–H groups in total. The number of carbonyl (C=O) groups excluding carboxylic acids is 1. The largest absolute Gasteiger partial charge is 0.387 e. The first kappa shape index (κ1) is 12.1. The number of nitrogens with one attached hydrogen (secondary N) is 2. The van der Waals surface area contributed by atoms with Gasteiger partial charge in [-0.1, -0.05) is 0 Å². The summed E-state index contributed by atoms with van der Waals surface area (Å²) in [5, 5.41) is 20.0. The fourth-order valence-electron chi connectivity index (χ4n) is 2.04. The Balaban J connectivity index is 1.95. The molecule has 1 aliphatic rings. The number of aliphatic hydroxyl groups is 1. The van der Waals surface area contributed by atoms with Crippen LogP contribution in [-0.4, -0.2) is 46.0 Å². The van der Waals surface area contributed by atoms with E-state index in [9.17, 15) is 9.90 Å². The van der Waals surface area contributed by atoms with Crippen molar-refractivity contribution in [1.29, 1.82) is 0 Å². The highest BCUT2D eigenvalue weighted by molar-refractivity contribution is 5.92. The van der Waals surface area contributed by atoms with E-state index in [1.54, 1.807) is 17.8 Å². The lowest BCUT2D eigenvalue weighted by Gasteiger charge is -2.21. The van der Waals surface area contributed by atoms with Crippen molar-refractivity contribution >= 4 is 5.91 Å². The second-order valence-corrected chi connectivity index (χ2v) is 4.63. The monoisotopic (exact) mass is 238 g/mol. The van der Waals surface area contributed by atoms with Gasteiger partial charge < -0.3 is 15.7 Å². The van der Waals surface area contributed by atoms with Gasteiger partial charge in [0.1, 0.15) is 5.69 Å². The molecular weight excluding hydrogens is 220 g/mol. The number of rotatable bonds is 3. The van der Waals surface area contributed by atoms with Crippen LogP contribution in [0, 0.1) is 6.92 Å². The number of hydrogen-bond acceptors (Lipinski definition) is 4. The first-order chi connectivity index (χ1) is 8.00. The smallest absolute Gasteiger partial charge is 0.269 e. The molecule has 1 aromatic heterocycles. The number of aromatic nitrogens is 2. The van der Waals surface area contributed by atoms with Crippen molar-refractivity contribution in [3.05, 3.63) is 17.5 Å². The van der Waals surface area contributed by atoms with E-state index >= 15 is 0 Å². The third-order valence-corrected chi connectivity index (χ3v) is 3.03. The number of amides is 1. The number of hydrogen-bond donors (Lipinski definition) is 3. The highest BCUT2D eigenvalue weighted by Gasteiger charge is 2.31. The predicted molar refractivity (Wildman–Crippen MR) is 62.7 cm³/mol. The standard InChI is InChI=1S/C11H18N4O2/c1-8-5-9(15(2)14-8)10(16)13-7-11(17)3-4-12-6-11/h5,12,17H,3-4,6-7H2,1-2H3,(H,13,16). The maximum absolute atomic E-state index is 11.9. The lowest BCUT2D eigenvalue weighted by molar-refractivity contribution is 0.0559. The highest BCUT2D eigenvalue weighted by atomic mass is 16.3. The van der Waals surface area contributed by atoms with E-state index in [2.05, 4.69) is 15.7 Å². The van der Waals surface area contributed by atoms with E-state index in [0.29, 0.717) is 18.7 Å². The van der Waals surface area contributed by atoms with Crippen LogP contribution in [0.25, 0.3) is 0 Å². The van der Waals surface area contributed by atoms with Crippen LogP contribution < -0.4 is 10.6 Å².